The molecular formula is C17H17Cl2N3O. The van der Waals surface area contributed by atoms with Gasteiger partial charge in [0.05, 0.1) is 33.2 Å². The maximum atomic E-state index is 12.3. The van der Waals surface area contributed by atoms with Gasteiger partial charge >= 0.3 is 0 Å². The van der Waals surface area contributed by atoms with Crippen molar-refractivity contribution in [2.24, 2.45) is 0 Å². The van der Waals surface area contributed by atoms with Gasteiger partial charge in [-0.25, -0.2) is 0 Å². The smallest absolute Gasteiger partial charge is 0.253 e. The van der Waals surface area contributed by atoms with Gasteiger partial charge < -0.3 is 10.6 Å². The highest BCUT2D eigenvalue weighted by molar-refractivity contribution is 6.43. The first kappa shape index (κ1) is 16.1. The molecule has 1 saturated carbocycles. The number of carbonyl (C=O) groups is 1. The largest absolute Gasteiger partial charge is 0.353 e. The normalized spacial score (nSPS) is 14.7. The maximum Gasteiger partial charge on any atom is 0.253 e. The molecule has 2 aromatic rings. The number of nitrogens with one attached hydrogen (secondary N) is 2. The van der Waals surface area contributed by atoms with Crippen LogP contribution in [0.15, 0.2) is 36.7 Å². The van der Waals surface area contributed by atoms with Gasteiger partial charge in [0, 0.05) is 12.2 Å². The van der Waals surface area contributed by atoms with Crippen molar-refractivity contribution in [1.29, 1.82) is 0 Å². The van der Waals surface area contributed by atoms with Crippen molar-refractivity contribution >= 4 is 40.5 Å². The first-order chi connectivity index (χ1) is 11.1. The van der Waals surface area contributed by atoms with Gasteiger partial charge in [-0.05, 0) is 31.0 Å². The molecule has 4 nitrogen and oxygen atoms in total. The van der Waals surface area contributed by atoms with Crippen LogP contribution in [0.1, 0.15) is 36.0 Å². The van der Waals surface area contributed by atoms with Crippen molar-refractivity contribution in [3.8, 4) is 0 Å². The molecule has 1 amide bonds. The molecule has 0 aliphatic heterocycles. The Morgan fingerprint density at radius 2 is 1.96 bits per heavy atom. The number of anilines is 2. The Hall–Kier alpha value is -1.78. The zero-order valence-corrected chi connectivity index (χ0v) is 14.0. The molecule has 1 fully saturated rings. The molecule has 120 valence electrons. The van der Waals surface area contributed by atoms with Crippen molar-refractivity contribution < 1.29 is 4.79 Å². The average Bonchev–Trinajstić information content (AvgIpc) is 3.05. The topological polar surface area (TPSA) is 54.0 Å². The molecule has 1 aromatic heterocycles. The first-order valence-corrected chi connectivity index (χ1v) is 8.36. The summed E-state index contributed by atoms with van der Waals surface area (Å²) >= 11 is 12.2. The Balaban J connectivity index is 1.74. The van der Waals surface area contributed by atoms with E-state index in [0.717, 1.165) is 12.8 Å². The Bertz CT molecular complexity index is 715. The van der Waals surface area contributed by atoms with Crippen LogP contribution in [0.2, 0.25) is 10.0 Å². The molecule has 1 aromatic carbocycles. The second kappa shape index (κ2) is 7.20. The van der Waals surface area contributed by atoms with Crippen LogP contribution in [-0.2, 0) is 0 Å². The molecule has 3 rings (SSSR count). The number of benzene rings is 1. The standard InChI is InChI=1S/C17H17Cl2N3O/c18-14-6-3-7-15(16(14)19)21-13-8-11(9-20-10-13)17(23)22-12-4-1-2-5-12/h3,6-10,12,21H,1-2,4-5H2,(H,22,23). The zero-order valence-electron chi connectivity index (χ0n) is 12.5. The Morgan fingerprint density at radius 1 is 1.17 bits per heavy atom. The minimum atomic E-state index is -0.0924. The third-order valence-corrected chi connectivity index (χ3v) is 4.74. The second-order valence-corrected chi connectivity index (χ2v) is 6.43. The number of rotatable bonds is 4. The van der Waals surface area contributed by atoms with E-state index in [4.69, 9.17) is 23.2 Å². The van der Waals surface area contributed by atoms with Gasteiger partial charge in [0.15, 0.2) is 0 Å². The van der Waals surface area contributed by atoms with Crippen molar-refractivity contribution in [3.63, 3.8) is 0 Å². The van der Waals surface area contributed by atoms with Crippen molar-refractivity contribution in [2.45, 2.75) is 31.7 Å². The Morgan fingerprint density at radius 3 is 2.74 bits per heavy atom. The van der Waals surface area contributed by atoms with Crippen LogP contribution in [0.4, 0.5) is 11.4 Å². The van der Waals surface area contributed by atoms with E-state index in [9.17, 15) is 4.79 Å². The Labute approximate surface area is 145 Å². The fourth-order valence-corrected chi connectivity index (χ4v) is 3.07. The summed E-state index contributed by atoms with van der Waals surface area (Å²) in [6, 6.07) is 7.38. The zero-order chi connectivity index (χ0) is 16.2. The highest BCUT2D eigenvalue weighted by Crippen LogP contribution is 2.31. The average molecular weight is 350 g/mol. The van der Waals surface area contributed by atoms with E-state index in [1.807, 2.05) is 6.07 Å². The summed E-state index contributed by atoms with van der Waals surface area (Å²) in [7, 11) is 0. The number of amides is 1. The summed E-state index contributed by atoms with van der Waals surface area (Å²) in [4.78, 5) is 16.4. The van der Waals surface area contributed by atoms with Gasteiger partial charge in [-0.1, -0.05) is 42.1 Å². The fraction of sp³-hybridized carbons (Fsp3) is 0.294. The highest BCUT2D eigenvalue weighted by Gasteiger charge is 2.18. The Kier molecular flexibility index (Phi) is 5.03. The second-order valence-electron chi connectivity index (χ2n) is 5.64. The van der Waals surface area contributed by atoms with Gasteiger partial charge in [-0.15, -0.1) is 0 Å². The van der Waals surface area contributed by atoms with E-state index in [0.29, 0.717) is 27.0 Å². The monoisotopic (exact) mass is 349 g/mol. The number of pyridine rings is 1. The number of hydrogen-bond acceptors (Lipinski definition) is 3. The molecule has 0 saturated heterocycles. The lowest BCUT2D eigenvalue weighted by atomic mass is 10.2. The molecule has 0 spiro atoms. The van der Waals surface area contributed by atoms with E-state index < -0.39 is 0 Å². The minimum absolute atomic E-state index is 0.0924. The van der Waals surface area contributed by atoms with Crippen LogP contribution < -0.4 is 10.6 Å². The predicted octanol–water partition coefficient (Wildman–Crippen LogP) is 4.80. The van der Waals surface area contributed by atoms with Crippen LogP contribution in [-0.4, -0.2) is 16.9 Å². The number of aromatic nitrogens is 1. The van der Waals surface area contributed by atoms with E-state index in [1.54, 1.807) is 30.6 Å². The van der Waals surface area contributed by atoms with Crippen LogP contribution in [0, 0.1) is 0 Å². The molecule has 0 bridgehead atoms. The van der Waals surface area contributed by atoms with Crippen LogP contribution in [0.5, 0.6) is 0 Å². The minimum Gasteiger partial charge on any atom is -0.353 e. The molecule has 2 N–H and O–H groups in total. The lowest BCUT2D eigenvalue weighted by Gasteiger charge is -2.13. The number of hydrogen-bond donors (Lipinski definition) is 2. The van der Waals surface area contributed by atoms with Crippen molar-refractivity contribution in [3.05, 3.63) is 52.3 Å². The summed E-state index contributed by atoms with van der Waals surface area (Å²) in [5.41, 5.74) is 1.89. The van der Waals surface area contributed by atoms with E-state index in [2.05, 4.69) is 15.6 Å². The molecule has 0 radical (unpaired) electrons. The summed E-state index contributed by atoms with van der Waals surface area (Å²) in [5.74, 6) is -0.0924. The van der Waals surface area contributed by atoms with Gasteiger partial charge in [0.25, 0.3) is 5.91 Å². The summed E-state index contributed by atoms with van der Waals surface area (Å²) in [5, 5.41) is 7.11. The number of nitrogens with zero attached hydrogens (tertiary/aromatic N) is 1. The van der Waals surface area contributed by atoms with E-state index >= 15 is 0 Å². The highest BCUT2D eigenvalue weighted by atomic mass is 35.5. The van der Waals surface area contributed by atoms with E-state index in [1.165, 1.54) is 12.8 Å². The molecule has 0 unspecified atom stereocenters. The van der Waals surface area contributed by atoms with Gasteiger partial charge in [-0.2, -0.15) is 0 Å². The molecule has 1 aliphatic rings. The first-order valence-electron chi connectivity index (χ1n) is 7.60. The SMILES string of the molecule is O=C(NC1CCCC1)c1cncc(Nc2cccc(Cl)c2Cl)c1. The summed E-state index contributed by atoms with van der Waals surface area (Å²) < 4.78 is 0. The predicted molar refractivity (Wildman–Crippen MR) is 93.7 cm³/mol. The molecular weight excluding hydrogens is 333 g/mol. The number of carbonyl (C=O) groups excluding carboxylic acids is 1. The third kappa shape index (κ3) is 3.95. The molecule has 23 heavy (non-hydrogen) atoms. The van der Waals surface area contributed by atoms with Gasteiger partial charge in [-0.3, -0.25) is 9.78 Å². The molecule has 1 aliphatic carbocycles. The summed E-state index contributed by atoms with van der Waals surface area (Å²) in [6.07, 6.45) is 7.67. The lowest BCUT2D eigenvalue weighted by Crippen LogP contribution is -2.32. The summed E-state index contributed by atoms with van der Waals surface area (Å²) in [6.45, 7) is 0. The van der Waals surface area contributed by atoms with Crippen molar-refractivity contribution in [2.75, 3.05) is 5.32 Å². The molecule has 1 heterocycles. The van der Waals surface area contributed by atoms with Gasteiger partial charge in [0.2, 0.25) is 0 Å². The van der Waals surface area contributed by atoms with Crippen LogP contribution in [0.25, 0.3) is 0 Å². The number of halogens is 2. The fourth-order valence-electron chi connectivity index (χ4n) is 2.73. The van der Waals surface area contributed by atoms with Crippen LogP contribution >= 0.6 is 23.2 Å². The third-order valence-electron chi connectivity index (χ3n) is 3.92. The lowest BCUT2D eigenvalue weighted by molar-refractivity contribution is 0.0937. The van der Waals surface area contributed by atoms with Gasteiger partial charge in [0.1, 0.15) is 0 Å². The molecule has 6 heteroatoms. The van der Waals surface area contributed by atoms with Crippen LogP contribution in [0.3, 0.4) is 0 Å². The quantitative estimate of drug-likeness (QED) is 0.832. The maximum absolute atomic E-state index is 12.3. The molecule has 0 atom stereocenters. The van der Waals surface area contributed by atoms with Crippen molar-refractivity contribution in [1.82, 2.24) is 10.3 Å². The van der Waals surface area contributed by atoms with E-state index in [-0.39, 0.29) is 11.9 Å².